The number of likely N-dealkylation sites (tertiary alicyclic amines) is 1. The lowest BCUT2D eigenvalue weighted by Crippen LogP contribution is -2.49. The lowest BCUT2D eigenvalue weighted by atomic mass is 10.0. The van der Waals surface area contributed by atoms with Gasteiger partial charge in [-0.05, 0) is 71.6 Å². The molecule has 0 unspecified atom stereocenters. The fourth-order valence-corrected chi connectivity index (χ4v) is 4.47. The van der Waals surface area contributed by atoms with Crippen LogP contribution in [0.2, 0.25) is 0 Å². The highest BCUT2D eigenvalue weighted by atomic mass is 19.1. The molecular formula is C27H25FN4O2. The standard InChI is InChI=1S/C27H25FN4O2/c28-23-7-5-19-14-18(3-4-20(19)16-23)17-32-12-9-24(10-13-32)30-27(34)31-26(33)22-6-8-25-21(15-22)2-1-11-29-25/h1-8,11,14-16,24H,9-10,12-13,17H2,(H2,30,31,33,34). The minimum atomic E-state index is -0.475. The fraction of sp³-hybridized carbons (Fsp3) is 0.222. The van der Waals surface area contributed by atoms with Crippen LogP contribution in [0, 0.1) is 5.82 Å². The van der Waals surface area contributed by atoms with E-state index in [9.17, 15) is 14.0 Å². The van der Waals surface area contributed by atoms with Crippen molar-refractivity contribution in [3.05, 3.63) is 89.9 Å². The largest absolute Gasteiger partial charge is 0.335 e. The fourth-order valence-electron chi connectivity index (χ4n) is 4.47. The molecule has 172 valence electrons. The predicted octanol–water partition coefficient (Wildman–Crippen LogP) is 4.63. The number of amides is 3. The smallest absolute Gasteiger partial charge is 0.321 e. The van der Waals surface area contributed by atoms with Crippen LogP contribution in [0.4, 0.5) is 9.18 Å². The van der Waals surface area contributed by atoms with Crippen molar-refractivity contribution in [2.45, 2.75) is 25.4 Å². The van der Waals surface area contributed by atoms with Gasteiger partial charge >= 0.3 is 6.03 Å². The molecule has 0 bridgehead atoms. The number of benzene rings is 3. The molecule has 34 heavy (non-hydrogen) atoms. The average Bonchev–Trinajstić information content (AvgIpc) is 2.85. The van der Waals surface area contributed by atoms with Crippen molar-refractivity contribution < 1.29 is 14.0 Å². The number of aromatic nitrogens is 1. The monoisotopic (exact) mass is 456 g/mol. The van der Waals surface area contributed by atoms with E-state index in [0.717, 1.165) is 54.2 Å². The van der Waals surface area contributed by atoms with Gasteiger partial charge in [0.1, 0.15) is 5.82 Å². The van der Waals surface area contributed by atoms with E-state index in [-0.39, 0.29) is 11.9 Å². The lowest BCUT2D eigenvalue weighted by molar-refractivity contribution is 0.0962. The van der Waals surface area contributed by atoms with Crippen LogP contribution in [-0.2, 0) is 6.54 Å². The van der Waals surface area contributed by atoms with Gasteiger partial charge in [0.2, 0.25) is 0 Å². The quantitative estimate of drug-likeness (QED) is 0.470. The van der Waals surface area contributed by atoms with Gasteiger partial charge in [-0.25, -0.2) is 9.18 Å². The molecule has 0 spiro atoms. The highest BCUT2D eigenvalue weighted by Gasteiger charge is 2.22. The van der Waals surface area contributed by atoms with Gasteiger partial charge in [0, 0.05) is 42.8 Å². The number of halogens is 1. The van der Waals surface area contributed by atoms with Crippen molar-refractivity contribution in [1.29, 1.82) is 0 Å². The minimum Gasteiger partial charge on any atom is -0.335 e. The van der Waals surface area contributed by atoms with Crippen molar-refractivity contribution >= 4 is 33.6 Å². The summed E-state index contributed by atoms with van der Waals surface area (Å²) in [5.74, 6) is -0.660. The zero-order valence-corrected chi connectivity index (χ0v) is 18.6. The van der Waals surface area contributed by atoms with Crippen LogP contribution in [0.15, 0.2) is 72.9 Å². The summed E-state index contributed by atoms with van der Waals surface area (Å²) in [5, 5.41) is 8.13. The molecule has 2 heterocycles. The van der Waals surface area contributed by atoms with E-state index in [0.29, 0.717) is 5.56 Å². The first kappa shape index (κ1) is 22.0. The second-order valence-electron chi connectivity index (χ2n) is 8.71. The summed E-state index contributed by atoms with van der Waals surface area (Å²) < 4.78 is 13.4. The number of urea groups is 1. The summed E-state index contributed by atoms with van der Waals surface area (Å²) in [5.41, 5.74) is 2.40. The molecule has 0 radical (unpaired) electrons. The van der Waals surface area contributed by atoms with Crippen LogP contribution in [0.25, 0.3) is 21.7 Å². The molecule has 0 aliphatic carbocycles. The zero-order valence-electron chi connectivity index (χ0n) is 18.6. The van der Waals surface area contributed by atoms with Gasteiger partial charge in [-0.1, -0.05) is 24.3 Å². The molecule has 3 aromatic carbocycles. The molecule has 0 atom stereocenters. The summed E-state index contributed by atoms with van der Waals surface area (Å²) in [6, 6.07) is 19.3. The number of hydrogen-bond acceptors (Lipinski definition) is 4. The van der Waals surface area contributed by atoms with Crippen molar-refractivity contribution in [3.8, 4) is 0 Å². The molecule has 0 saturated carbocycles. The Hall–Kier alpha value is -3.84. The van der Waals surface area contributed by atoms with Gasteiger partial charge in [-0.3, -0.25) is 20.0 Å². The third-order valence-corrected chi connectivity index (χ3v) is 6.29. The number of pyridine rings is 1. The molecule has 1 saturated heterocycles. The molecular weight excluding hydrogens is 431 g/mol. The Kier molecular flexibility index (Phi) is 6.18. The van der Waals surface area contributed by atoms with Crippen molar-refractivity contribution in [2.75, 3.05) is 13.1 Å². The molecule has 2 N–H and O–H groups in total. The summed E-state index contributed by atoms with van der Waals surface area (Å²) in [4.78, 5) is 31.5. The maximum Gasteiger partial charge on any atom is 0.321 e. The number of nitrogens with zero attached hydrogens (tertiary/aromatic N) is 2. The number of piperidine rings is 1. The van der Waals surface area contributed by atoms with Gasteiger partial charge in [0.05, 0.1) is 5.52 Å². The number of nitrogens with one attached hydrogen (secondary N) is 2. The minimum absolute atomic E-state index is 0.0180. The number of carbonyl (C=O) groups excluding carboxylic acids is 2. The Labute approximate surface area is 196 Å². The third kappa shape index (κ3) is 5.05. The Bertz CT molecular complexity index is 1370. The van der Waals surface area contributed by atoms with E-state index in [1.54, 1.807) is 36.5 Å². The molecule has 1 aliphatic heterocycles. The molecule has 4 aromatic rings. The van der Waals surface area contributed by atoms with Crippen molar-refractivity contribution in [2.24, 2.45) is 0 Å². The van der Waals surface area contributed by atoms with E-state index in [1.165, 1.54) is 11.6 Å². The lowest BCUT2D eigenvalue weighted by Gasteiger charge is -2.32. The van der Waals surface area contributed by atoms with Crippen molar-refractivity contribution in [3.63, 3.8) is 0 Å². The molecule has 1 aromatic heterocycles. The Morgan fingerprint density at radius 2 is 1.74 bits per heavy atom. The molecule has 3 amide bonds. The maximum absolute atomic E-state index is 13.4. The van der Waals surface area contributed by atoms with Gasteiger partial charge in [-0.15, -0.1) is 0 Å². The molecule has 1 fully saturated rings. The van der Waals surface area contributed by atoms with Gasteiger partial charge < -0.3 is 5.32 Å². The SMILES string of the molecule is O=C(NC(=O)c1ccc2ncccc2c1)NC1CCN(Cc2ccc3cc(F)ccc3c2)CC1. The third-order valence-electron chi connectivity index (χ3n) is 6.29. The van der Waals surface area contributed by atoms with Gasteiger partial charge in [-0.2, -0.15) is 0 Å². The summed E-state index contributed by atoms with van der Waals surface area (Å²) >= 11 is 0. The maximum atomic E-state index is 13.4. The molecule has 5 rings (SSSR count). The number of fused-ring (bicyclic) bond motifs is 2. The highest BCUT2D eigenvalue weighted by Crippen LogP contribution is 2.20. The first-order valence-electron chi connectivity index (χ1n) is 11.4. The second kappa shape index (κ2) is 9.57. The number of hydrogen-bond donors (Lipinski definition) is 2. The van der Waals surface area contributed by atoms with E-state index in [4.69, 9.17) is 0 Å². The van der Waals surface area contributed by atoms with Gasteiger partial charge in [0.15, 0.2) is 0 Å². The molecule has 7 heteroatoms. The van der Waals surface area contributed by atoms with Gasteiger partial charge in [0.25, 0.3) is 5.91 Å². The van der Waals surface area contributed by atoms with Crippen LogP contribution in [0.3, 0.4) is 0 Å². The highest BCUT2D eigenvalue weighted by molar-refractivity contribution is 6.05. The van der Waals surface area contributed by atoms with E-state index >= 15 is 0 Å². The summed E-state index contributed by atoms with van der Waals surface area (Å²) in [6.07, 6.45) is 3.31. The summed E-state index contributed by atoms with van der Waals surface area (Å²) in [6.45, 7) is 2.50. The zero-order chi connectivity index (χ0) is 23.5. The topological polar surface area (TPSA) is 74.3 Å². The van der Waals surface area contributed by atoms with E-state index in [2.05, 4.69) is 26.6 Å². The van der Waals surface area contributed by atoms with Crippen LogP contribution >= 0.6 is 0 Å². The van der Waals surface area contributed by atoms with Crippen LogP contribution in [-0.4, -0.2) is 41.0 Å². The van der Waals surface area contributed by atoms with Crippen LogP contribution in [0.1, 0.15) is 28.8 Å². The molecule has 6 nitrogen and oxygen atoms in total. The van der Waals surface area contributed by atoms with Crippen LogP contribution in [0.5, 0.6) is 0 Å². The Morgan fingerprint density at radius 1 is 0.941 bits per heavy atom. The first-order chi connectivity index (χ1) is 16.5. The average molecular weight is 457 g/mol. The number of imide groups is 1. The Morgan fingerprint density at radius 3 is 2.59 bits per heavy atom. The van der Waals surface area contributed by atoms with E-state index < -0.39 is 11.9 Å². The van der Waals surface area contributed by atoms with Crippen LogP contribution < -0.4 is 10.6 Å². The number of carbonyl (C=O) groups is 2. The van der Waals surface area contributed by atoms with Crippen molar-refractivity contribution in [1.82, 2.24) is 20.5 Å². The second-order valence-corrected chi connectivity index (χ2v) is 8.71. The molecule has 1 aliphatic rings. The first-order valence-corrected chi connectivity index (χ1v) is 11.4. The predicted molar refractivity (Wildman–Crippen MR) is 130 cm³/mol. The normalized spacial score (nSPS) is 14.9. The summed E-state index contributed by atoms with van der Waals surface area (Å²) in [7, 11) is 0. The Balaban J connectivity index is 1.11. The van der Waals surface area contributed by atoms with E-state index in [1.807, 2.05) is 24.3 Å². The number of rotatable bonds is 4.